The van der Waals surface area contributed by atoms with Crippen LogP contribution >= 0.6 is 0 Å². The Morgan fingerprint density at radius 3 is 0.730 bits per heavy atom. The van der Waals surface area contributed by atoms with Gasteiger partial charge in [0, 0.05) is 93.7 Å². The molecule has 100 heavy (non-hydrogen) atoms. The first-order chi connectivity index (χ1) is 49.6. The summed E-state index contributed by atoms with van der Waals surface area (Å²) in [5.41, 5.74) is 25.5. The number of hydrogen-bond donors (Lipinski definition) is 0. The first kappa shape index (κ1) is 57.9. The molecule has 6 aromatic heterocycles. The van der Waals surface area contributed by atoms with Gasteiger partial charge in [-0.1, -0.05) is 255 Å². The molecule has 0 saturated carbocycles. The lowest BCUT2D eigenvalue weighted by Crippen LogP contribution is -1.97. The van der Waals surface area contributed by atoms with Crippen LogP contribution in [-0.2, 0) is 0 Å². The Balaban J connectivity index is 0.000000139. The van der Waals surface area contributed by atoms with Gasteiger partial charge in [0.2, 0.25) is 0 Å². The molecule has 0 aliphatic carbocycles. The molecular weight excluding hydrogens is 1220 g/mol. The van der Waals surface area contributed by atoms with Crippen LogP contribution in [0.25, 0.3) is 178 Å². The lowest BCUT2D eigenvalue weighted by molar-refractivity contribution is 1.17. The Labute approximate surface area is 577 Å². The molecule has 0 bridgehead atoms. The number of benzene rings is 14. The van der Waals surface area contributed by atoms with Gasteiger partial charge in [-0.3, -0.25) is 0 Å². The molecular formula is C93H61N7. The van der Waals surface area contributed by atoms with Crippen molar-refractivity contribution in [2.24, 2.45) is 0 Å². The molecule has 20 rings (SSSR count). The van der Waals surface area contributed by atoms with Crippen molar-refractivity contribution in [3.8, 4) is 90.3 Å². The van der Waals surface area contributed by atoms with E-state index < -0.39 is 0 Å². The molecule has 20 aromatic rings. The number of hydrogen-bond acceptors (Lipinski definition) is 3. The summed E-state index contributed by atoms with van der Waals surface area (Å²) in [6.07, 6.45) is 0. The third-order valence-corrected chi connectivity index (χ3v) is 19.6. The third-order valence-electron chi connectivity index (χ3n) is 19.6. The summed E-state index contributed by atoms with van der Waals surface area (Å²) in [6, 6.07) is 131. The highest BCUT2D eigenvalue weighted by Gasteiger charge is 2.22. The van der Waals surface area contributed by atoms with E-state index in [1.807, 2.05) is 48.5 Å². The zero-order valence-electron chi connectivity index (χ0n) is 54.3. The van der Waals surface area contributed by atoms with Gasteiger partial charge >= 0.3 is 0 Å². The van der Waals surface area contributed by atoms with Crippen LogP contribution in [0.1, 0.15) is 0 Å². The van der Waals surface area contributed by atoms with Crippen molar-refractivity contribution in [1.29, 1.82) is 0 Å². The molecule has 0 N–H and O–H groups in total. The Morgan fingerprint density at radius 1 is 0.150 bits per heavy atom. The number of rotatable bonds is 10. The second-order valence-corrected chi connectivity index (χ2v) is 25.5. The number of aromatic nitrogens is 7. The van der Waals surface area contributed by atoms with Crippen LogP contribution in [0, 0.1) is 0 Å². The minimum Gasteiger partial charge on any atom is -0.309 e. The van der Waals surface area contributed by atoms with Gasteiger partial charge in [0.15, 0.2) is 5.82 Å². The fourth-order valence-corrected chi connectivity index (χ4v) is 15.0. The van der Waals surface area contributed by atoms with Crippen molar-refractivity contribution in [3.05, 3.63) is 370 Å². The fourth-order valence-electron chi connectivity index (χ4n) is 15.0. The van der Waals surface area contributed by atoms with E-state index in [-0.39, 0.29) is 0 Å². The highest BCUT2D eigenvalue weighted by Crippen LogP contribution is 2.43. The Bertz CT molecular complexity index is 5940. The fraction of sp³-hybridized carbons (Fsp3) is 0. The highest BCUT2D eigenvalue weighted by molar-refractivity contribution is 6.20. The van der Waals surface area contributed by atoms with Gasteiger partial charge in [0.25, 0.3) is 0 Å². The van der Waals surface area contributed by atoms with Crippen LogP contribution < -0.4 is 0 Å². The smallest absolute Gasteiger partial charge is 0.160 e. The summed E-state index contributed by atoms with van der Waals surface area (Å²) < 4.78 is 9.60. The first-order valence-corrected chi connectivity index (χ1v) is 34.0. The van der Waals surface area contributed by atoms with Crippen LogP contribution in [0.3, 0.4) is 0 Å². The second kappa shape index (κ2) is 24.3. The van der Waals surface area contributed by atoms with E-state index >= 15 is 0 Å². The number of fused-ring (bicyclic) bond motifs is 12. The molecule has 0 aliphatic heterocycles. The topological polar surface area (TPSA) is 58.4 Å². The molecule has 468 valence electrons. The molecule has 0 aliphatic rings. The van der Waals surface area contributed by atoms with Gasteiger partial charge in [-0.05, 0) is 126 Å². The van der Waals surface area contributed by atoms with Crippen molar-refractivity contribution in [2.45, 2.75) is 0 Å². The summed E-state index contributed by atoms with van der Waals surface area (Å²) in [4.78, 5) is 15.1. The predicted octanol–water partition coefficient (Wildman–Crippen LogP) is 23.9. The molecule has 0 fully saturated rings. The lowest BCUT2D eigenvalue weighted by atomic mass is 10.00. The zero-order valence-corrected chi connectivity index (χ0v) is 54.3. The van der Waals surface area contributed by atoms with Crippen molar-refractivity contribution >= 4 is 87.2 Å². The molecule has 0 atom stereocenters. The summed E-state index contributed by atoms with van der Waals surface area (Å²) in [5.74, 6) is 0.715. The van der Waals surface area contributed by atoms with E-state index in [0.29, 0.717) is 5.82 Å². The van der Waals surface area contributed by atoms with Crippen molar-refractivity contribution < 1.29 is 0 Å². The van der Waals surface area contributed by atoms with Gasteiger partial charge in [0.05, 0.1) is 66.9 Å². The first-order valence-electron chi connectivity index (χ1n) is 34.0. The number of para-hydroxylation sites is 6. The van der Waals surface area contributed by atoms with Gasteiger partial charge in [-0.15, -0.1) is 0 Å². The van der Waals surface area contributed by atoms with E-state index in [1.165, 1.54) is 92.9 Å². The van der Waals surface area contributed by atoms with Gasteiger partial charge in [0.1, 0.15) is 0 Å². The molecule has 0 radical (unpaired) electrons. The third kappa shape index (κ3) is 10.0. The average molecular weight is 1280 g/mol. The molecule has 6 heterocycles. The van der Waals surface area contributed by atoms with E-state index in [9.17, 15) is 0 Å². The average Bonchev–Trinajstić information content (AvgIpc) is 1.56. The van der Waals surface area contributed by atoms with Crippen LogP contribution in [0.2, 0.25) is 0 Å². The molecule has 0 amide bonds. The molecule has 14 aromatic carbocycles. The minimum atomic E-state index is 0.715. The molecule has 7 heteroatoms. The largest absolute Gasteiger partial charge is 0.309 e. The number of nitrogens with zero attached hydrogens (tertiary/aromatic N) is 7. The SMILES string of the molecule is c1ccc(-c2cc(-c3ccc(-n4c5ccccc5c5cc6c(cc54)c4ccccc4n6-c4ccccc4)cc3)cc(-c3ccccc3)n2)cc1.c1ccc(-c2cc(-c3ccc(-n4c5ccccc5c5cc6c(cc54)c4ccccc4n6-c4ccccc4)cc3)nc(-c3ccccc3)n2)cc1. The van der Waals surface area contributed by atoms with Crippen molar-refractivity contribution in [3.63, 3.8) is 0 Å². The van der Waals surface area contributed by atoms with Gasteiger partial charge in [-0.2, -0.15) is 0 Å². The molecule has 0 spiro atoms. The zero-order chi connectivity index (χ0) is 66.0. The Kier molecular flexibility index (Phi) is 14.1. The van der Waals surface area contributed by atoms with Gasteiger partial charge < -0.3 is 18.3 Å². The van der Waals surface area contributed by atoms with Crippen LogP contribution in [-0.4, -0.2) is 33.2 Å². The van der Waals surface area contributed by atoms with E-state index in [4.69, 9.17) is 15.0 Å². The quantitative estimate of drug-likeness (QED) is 0.137. The maximum atomic E-state index is 5.09. The maximum absolute atomic E-state index is 5.09. The molecule has 0 saturated heterocycles. The number of pyridine rings is 1. The van der Waals surface area contributed by atoms with E-state index in [0.717, 1.165) is 78.8 Å². The second-order valence-electron chi connectivity index (χ2n) is 25.5. The van der Waals surface area contributed by atoms with Crippen LogP contribution in [0.5, 0.6) is 0 Å². The summed E-state index contributed by atoms with van der Waals surface area (Å²) in [5, 5.41) is 9.92. The molecule has 7 nitrogen and oxygen atoms in total. The highest BCUT2D eigenvalue weighted by atomic mass is 15.0. The normalized spacial score (nSPS) is 11.6. The lowest BCUT2D eigenvalue weighted by Gasteiger charge is -2.12. The van der Waals surface area contributed by atoms with E-state index in [1.54, 1.807) is 0 Å². The van der Waals surface area contributed by atoms with Crippen LogP contribution in [0.4, 0.5) is 0 Å². The maximum Gasteiger partial charge on any atom is 0.160 e. The monoisotopic (exact) mass is 1280 g/mol. The summed E-state index contributed by atoms with van der Waals surface area (Å²) >= 11 is 0. The van der Waals surface area contributed by atoms with Crippen LogP contribution in [0.15, 0.2) is 370 Å². The van der Waals surface area contributed by atoms with Gasteiger partial charge in [-0.25, -0.2) is 15.0 Å². The minimum absolute atomic E-state index is 0.715. The standard InChI is InChI=1S/C47H31N3.C46H30N4/c1-4-14-33(15-5-1)42-28-35(29-43(48-42)34-16-6-2-7-17-34)32-24-26-37(27-25-32)50-45-23-13-11-21-39(45)41-30-46-40(31-47(41)50)38-20-10-12-22-44(38)49(46)36-18-8-3-9-19-36;1-4-14-31(15-5-1)40-30-41(48-46(47-40)33-16-6-2-7-17-33)32-24-26-35(27-25-32)50-43-23-13-11-21-37(43)39-28-44-38(29-45(39)50)36-20-10-12-22-42(36)49(44)34-18-8-3-9-19-34/h1-31H;1-30H. The van der Waals surface area contributed by atoms with Crippen molar-refractivity contribution in [2.75, 3.05) is 0 Å². The Hall–Kier alpha value is -13.5. The predicted molar refractivity (Wildman–Crippen MR) is 416 cm³/mol. The Morgan fingerprint density at radius 2 is 0.400 bits per heavy atom. The summed E-state index contributed by atoms with van der Waals surface area (Å²) in [7, 11) is 0. The van der Waals surface area contributed by atoms with Crippen molar-refractivity contribution in [1.82, 2.24) is 33.2 Å². The summed E-state index contributed by atoms with van der Waals surface area (Å²) in [6.45, 7) is 0. The van der Waals surface area contributed by atoms with E-state index in [2.05, 4.69) is 340 Å². The molecule has 0 unspecified atom stereocenters.